The van der Waals surface area contributed by atoms with Gasteiger partial charge in [-0.15, -0.1) is 0 Å². The van der Waals surface area contributed by atoms with Gasteiger partial charge in [0.25, 0.3) is 5.91 Å². The lowest BCUT2D eigenvalue weighted by atomic mass is 10.1. The second kappa shape index (κ2) is 9.30. The van der Waals surface area contributed by atoms with Gasteiger partial charge in [0.1, 0.15) is 0 Å². The molecule has 31 heavy (non-hydrogen) atoms. The zero-order valence-electron chi connectivity index (χ0n) is 17.4. The minimum Gasteiger partial charge on any atom is -0.361 e. The van der Waals surface area contributed by atoms with Gasteiger partial charge in [0.2, 0.25) is 5.91 Å². The van der Waals surface area contributed by atoms with Crippen LogP contribution in [0.15, 0.2) is 85.1 Å². The monoisotopic (exact) mass is 411 g/mol. The second-order valence-electron chi connectivity index (χ2n) is 7.59. The first-order valence-electron chi connectivity index (χ1n) is 10.4. The molecular formula is C26H25N3O2. The van der Waals surface area contributed by atoms with E-state index in [0.717, 1.165) is 22.0 Å². The normalized spacial score (nSPS) is 11.8. The van der Waals surface area contributed by atoms with Crippen molar-refractivity contribution in [2.45, 2.75) is 25.8 Å². The summed E-state index contributed by atoms with van der Waals surface area (Å²) in [7, 11) is 0. The number of H-pyrrole nitrogens is 1. The topological polar surface area (TPSA) is 74.0 Å². The maximum Gasteiger partial charge on any atom is 0.255 e. The Labute approximate surface area is 181 Å². The van der Waals surface area contributed by atoms with E-state index in [0.29, 0.717) is 24.1 Å². The van der Waals surface area contributed by atoms with Crippen molar-refractivity contribution in [3.05, 3.63) is 102 Å². The maximum atomic E-state index is 12.5. The fourth-order valence-electron chi connectivity index (χ4n) is 3.66. The van der Waals surface area contributed by atoms with E-state index in [-0.39, 0.29) is 17.9 Å². The van der Waals surface area contributed by atoms with E-state index in [9.17, 15) is 9.59 Å². The van der Waals surface area contributed by atoms with E-state index in [2.05, 4.69) is 21.7 Å². The SMILES string of the molecule is C[C@H](NC(=O)CCc1c[nH]c2ccccc12)c1cccc(NC(=O)c2ccccc2)c1. The summed E-state index contributed by atoms with van der Waals surface area (Å²) in [5, 5.41) is 7.13. The van der Waals surface area contributed by atoms with Crippen LogP contribution in [-0.2, 0) is 11.2 Å². The maximum absolute atomic E-state index is 12.5. The lowest BCUT2D eigenvalue weighted by molar-refractivity contribution is -0.121. The largest absolute Gasteiger partial charge is 0.361 e. The first-order valence-corrected chi connectivity index (χ1v) is 10.4. The average molecular weight is 412 g/mol. The third kappa shape index (κ3) is 5.01. The summed E-state index contributed by atoms with van der Waals surface area (Å²) in [6.45, 7) is 1.95. The summed E-state index contributed by atoms with van der Waals surface area (Å²) in [5.74, 6) is -0.162. The highest BCUT2D eigenvalue weighted by Gasteiger charge is 2.12. The van der Waals surface area contributed by atoms with E-state index in [1.807, 2.05) is 73.8 Å². The summed E-state index contributed by atoms with van der Waals surface area (Å²) < 4.78 is 0. The standard InChI is InChI=1S/C26H25N3O2/c1-18(28-25(30)15-14-21-17-27-24-13-6-5-12-23(21)24)20-10-7-11-22(16-20)29-26(31)19-8-3-2-4-9-19/h2-13,16-18,27H,14-15H2,1H3,(H,28,30)(H,29,31)/t18-/m0/s1. The first-order chi connectivity index (χ1) is 15.1. The van der Waals surface area contributed by atoms with E-state index in [4.69, 9.17) is 0 Å². The lowest BCUT2D eigenvalue weighted by Crippen LogP contribution is -2.26. The minimum atomic E-state index is -0.163. The van der Waals surface area contributed by atoms with Crippen LogP contribution in [0.4, 0.5) is 5.69 Å². The molecule has 2 amide bonds. The average Bonchev–Trinajstić information content (AvgIpc) is 3.21. The molecule has 0 aliphatic heterocycles. The zero-order chi connectivity index (χ0) is 21.6. The Morgan fingerprint density at radius 2 is 1.71 bits per heavy atom. The summed E-state index contributed by atoms with van der Waals surface area (Å²) in [6.07, 6.45) is 3.06. The van der Waals surface area contributed by atoms with Crippen molar-refractivity contribution in [2.75, 3.05) is 5.32 Å². The predicted molar refractivity (Wildman–Crippen MR) is 124 cm³/mol. The van der Waals surface area contributed by atoms with Gasteiger partial charge in [-0.1, -0.05) is 48.5 Å². The molecule has 0 unspecified atom stereocenters. The van der Waals surface area contributed by atoms with Gasteiger partial charge in [0.05, 0.1) is 6.04 Å². The molecule has 1 atom stereocenters. The van der Waals surface area contributed by atoms with Gasteiger partial charge in [-0.05, 0) is 54.8 Å². The molecule has 0 saturated heterocycles. The number of nitrogens with one attached hydrogen (secondary N) is 3. The molecule has 0 aliphatic carbocycles. The van der Waals surface area contributed by atoms with Gasteiger partial charge in [0, 0.05) is 34.8 Å². The van der Waals surface area contributed by atoms with Crippen LogP contribution in [0.3, 0.4) is 0 Å². The molecule has 0 fully saturated rings. The number of aromatic amines is 1. The van der Waals surface area contributed by atoms with Gasteiger partial charge >= 0.3 is 0 Å². The van der Waals surface area contributed by atoms with Crippen LogP contribution in [0.2, 0.25) is 0 Å². The van der Waals surface area contributed by atoms with E-state index in [1.54, 1.807) is 12.1 Å². The van der Waals surface area contributed by atoms with Crippen LogP contribution >= 0.6 is 0 Å². The summed E-state index contributed by atoms with van der Waals surface area (Å²) in [4.78, 5) is 28.1. The van der Waals surface area contributed by atoms with Crippen molar-refractivity contribution >= 4 is 28.4 Å². The van der Waals surface area contributed by atoms with Crippen molar-refractivity contribution in [2.24, 2.45) is 0 Å². The Hall–Kier alpha value is -3.86. The van der Waals surface area contributed by atoms with Crippen LogP contribution in [0.25, 0.3) is 10.9 Å². The number of carbonyl (C=O) groups excluding carboxylic acids is 2. The Bertz CT molecular complexity index is 1200. The van der Waals surface area contributed by atoms with Gasteiger partial charge in [-0.3, -0.25) is 9.59 Å². The van der Waals surface area contributed by atoms with Crippen molar-refractivity contribution in [1.82, 2.24) is 10.3 Å². The first kappa shape index (κ1) is 20.4. The molecule has 1 heterocycles. The summed E-state index contributed by atoms with van der Waals surface area (Å²) in [5.41, 5.74) is 4.47. The number of para-hydroxylation sites is 1. The number of aromatic nitrogens is 1. The van der Waals surface area contributed by atoms with E-state index < -0.39 is 0 Å². The number of benzene rings is 3. The highest BCUT2D eigenvalue weighted by atomic mass is 16.2. The molecule has 1 aromatic heterocycles. The van der Waals surface area contributed by atoms with Crippen LogP contribution < -0.4 is 10.6 Å². The van der Waals surface area contributed by atoms with Gasteiger partial charge in [0.15, 0.2) is 0 Å². The van der Waals surface area contributed by atoms with E-state index >= 15 is 0 Å². The molecular weight excluding hydrogens is 386 g/mol. The Kier molecular flexibility index (Phi) is 6.13. The minimum absolute atomic E-state index is 0.00324. The molecule has 0 aliphatic rings. The van der Waals surface area contributed by atoms with E-state index in [1.165, 1.54) is 0 Å². The number of hydrogen-bond donors (Lipinski definition) is 3. The third-order valence-corrected chi connectivity index (χ3v) is 5.35. The second-order valence-corrected chi connectivity index (χ2v) is 7.59. The molecule has 156 valence electrons. The number of anilines is 1. The van der Waals surface area contributed by atoms with Crippen molar-refractivity contribution in [3.8, 4) is 0 Å². The molecule has 0 radical (unpaired) electrons. The quantitative estimate of drug-likeness (QED) is 0.390. The molecule has 4 rings (SSSR count). The number of aryl methyl sites for hydroxylation is 1. The molecule has 5 heteroatoms. The third-order valence-electron chi connectivity index (χ3n) is 5.35. The smallest absolute Gasteiger partial charge is 0.255 e. The van der Waals surface area contributed by atoms with Crippen molar-refractivity contribution < 1.29 is 9.59 Å². The lowest BCUT2D eigenvalue weighted by Gasteiger charge is -2.16. The molecule has 3 aromatic carbocycles. The number of rotatable bonds is 7. The number of amides is 2. The molecule has 5 nitrogen and oxygen atoms in total. The Balaban J connectivity index is 1.34. The van der Waals surface area contributed by atoms with Crippen LogP contribution in [0, 0.1) is 0 Å². The Morgan fingerprint density at radius 1 is 0.935 bits per heavy atom. The van der Waals surface area contributed by atoms with Gasteiger partial charge in [-0.2, -0.15) is 0 Å². The summed E-state index contributed by atoms with van der Waals surface area (Å²) in [6, 6.07) is 24.6. The number of fused-ring (bicyclic) bond motifs is 1. The molecule has 0 bridgehead atoms. The zero-order valence-corrected chi connectivity index (χ0v) is 17.4. The Morgan fingerprint density at radius 3 is 2.55 bits per heavy atom. The van der Waals surface area contributed by atoms with Gasteiger partial charge in [-0.25, -0.2) is 0 Å². The number of carbonyl (C=O) groups is 2. The number of hydrogen-bond acceptors (Lipinski definition) is 2. The van der Waals surface area contributed by atoms with Crippen molar-refractivity contribution in [3.63, 3.8) is 0 Å². The molecule has 0 spiro atoms. The molecule has 0 saturated carbocycles. The molecule has 3 N–H and O–H groups in total. The van der Waals surface area contributed by atoms with Gasteiger partial charge < -0.3 is 15.6 Å². The van der Waals surface area contributed by atoms with Crippen LogP contribution in [0.1, 0.15) is 40.9 Å². The fraction of sp³-hybridized carbons (Fsp3) is 0.154. The highest BCUT2D eigenvalue weighted by Crippen LogP contribution is 2.20. The van der Waals surface area contributed by atoms with Crippen molar-refractivity contribution in [1.29, 1.82) is 0 Å². The van der Waals surface area contributed by atoms with Crippen LogP contribution in [0.5, 0.6) is 0 Å². The van der Waals surface area contributed by atoms with Crippen LogP contribution in [-0.4, -0.2) is 16.8 Å². The highest BCUT2D eigenvalue weighted by molar-refractivity contribution is 6.04. The molecule has 4 aromatic rings. The summed E-state index contributed by atoms with van der Waals surface area (Å²) >= 11 is 0. The predicted octanol–water partition coefficient (Wildman–Crippen LogP) is 5.23. The fourth-order valence-corrected chi connectivity index (χ4v) is 3.66.